The average Bonchev–Trinajstić information content (AvgIpc) is 3.47. The van der Waals surface area contributed by atoms with Crippen molar-refractivity contribution in [2.24, 2.45) is 0 Å². The van der Waals surface area contributed by atoms with Gasteiger partial charge in [-0.05, 0) is 38.8 Å². The number of hydrogen-bond donors (Lipinski definition) is 0. The van der Waals surface area contributed by atoms with Crippen LogP contribution < -0.4 is 9.47 Å². The predicted molar refractivity (Wildman–Crippen MR) is 97.8 cm³/mol. The molecule has 1 aliphatic carbocycles. The van der Waals surface area contributed by atoms with Crippen LogP contribution >= 0.6 is 0 Å². The van der Waals surface area contributed by atoms with E-state index in [0.717, 1.165) is 12.8 Å². The lowest BCUT2D eigenvalue weighted by Crippen LogP contribution is -2.61. The Morgan fingerprint density at radius 1 is 1.12 bits per heavy atom. The maximum atomic E-state index is 12.6. The molecule has 1 aliphatic heterocycles. The van der Waals surface area contributed by atoms with Crippen molar-refractivity contribution in [3.63, 3.8) is 0 Å². The summed E-state index contributed by atoms with van der Waals surface area (Å²) in [6, 6.07) is 6.71. The summed E-state index contributed by atoms with van der Waals surface area (Å²) in [4.78, 5) is 14.3. The molecule has 7 nitrogen and oxygen atoms in total. The molecule has 1 heterocycles. The van der Waals surface area contributed by atoms with Crippen LogP contribution in [0.15, 0.2) is 24.3 Å². The second-order valence-corrected chi connectivity index (χ2v) is 9.03. The van der Waals surface area contributed by atoms with E-state index in [1.807, 2.05) is 26.0 Å². The monoisotopic (exact) mass is 382 g/mol. The van der Waals surface area contributed by atoms with Crippen molar-refractivity contribution in [3.05, 3.63) is 24.3 Å². The fraction of sp³-hybridized carbons (Fsp3) is 0.611. The molecule has 1 aromatic rings. The lowest BCUT2D eigenvalue weighted by molar-refractivity contribution is -0.138. The molecule has 0 unspecified atom stereocenters. The van der Waals surface area contributed by atoms with Crippen molar-refractivity contribution >= 4 is 15.9 Å². The third kappa shape index (κ3) is 3.66. The van der Waals surface area contributed by atoms with Gasteiger partial charge in [0, 0.05) is 25.2 Å². The molecule has 2 fully saturated rings. The Kier molecular flexibility index (Phi) is 5.43. The maximum Gasteiger partial charge on any atom is 0.260 e. The summed E-state index contributed by atoms with van der Waals surface area (Å²) >= 11 is 0. The van der Waals surface area contributed by atoms with Crippen LogP contribution in [0, 0.1) is 0 Å². The molecule has 0 N–H and O–H groups in total. The van der Waals surface area contributed by atoms with Gasteiger partial charge < -0.3 is 14.4 Å². The highest BCUT2D eigenvalue weighted by Gasteiger charge is 2.46. The molecule has 1 saturated carbocycles. The van der Waals surface area contributed by atoms with Gasteiger partial charge in [0.25, 0.3) is 5.91 Å². The van der Waals surface area contributed by atoms with Crippen LogP contribution in [0.4, 0.5) is 0 Å². The zero-order valence-corrected chi connectivity index (χ0v) is 16.2. The van der Waals surface area contributed by atoms with E-state index in [9.17, 15) is 13.2 Å². The first kappa shape index (κ1) is 19.0. The highest BCUT2D eigenvalue weighted by molar-refractivity contribution is 7.90. The minimum Gasteiger partial charge on any atom is -0.493 e. The predicted octanol–water partition coefficient (Wildman–Crippen LogP) is 1.49. The molecule has 0 bridgehead atoms. The van der Waals surface area contributed by atoms with Crippen molar-refractivity contribution in [2.45, 2.75) is 44.0 Å². The molecule has 3 rings (SSSR count). The number of nitrogens with zero attached hydrogens (tertiary/aromatic N) is 2. The molecule has 144 valence electrons. The molecule has 26 heavy (non-hydrogen) atoms. The standard InChI is InChI=1S/C18H26N2O5S/c1-13-14(2)20(26(22,23)15-8-9-15)11-10-19(13)18(21)12-25-17-7-5-4-6-16(17)24-3/h4-7,13-15H,8-12H2,1-3H3/t13-,14-/m1/s1. The lowest BCUT2D eigenvalue weighted by Gasteiger charge is -2.44. The zero-order chi connectivity index (χ0) is 18.9. The quantitative estimate of drug-likeness (QED) is 0.745. The molecular formula is C18H26N2O5S. The largest absolute Gasteiger partial charge is 0.493 e. The second kappa shape index (κ2) is 7.44. The SMILES string of the molecule is COc1ccccc1OCC(=O)N1CCN(S(=O)(=O)C2CC2)[C@H](C)[C@H]1C. The minimum absolute atomic E-state index is 0.104. The molecule has 0 aromatic heterocycles. The summed E-state index contributed by atoms with van der Waals surface area (Å²) in [7, 11) is -1.69. The van der Waals surface area contributed by atoms with E-state index in [4.69, 9.17) is 9.47 Å². The molecule has 1 saturated heterocycles. The molecule has 0 spiro atoms. The first-order valence-electron chi connectivity index (χ1n) is 8.92. The summed E-state index contributed by atoms with van der Waals surface area (Å²) < 4.78 is 37.5. The van der Waals surface area contributed by atoms with Gasteiger partial charge in [0.2, 0.25) is 10.0 Å². The van der Waals surface area contributed by atoms with E-state index >= 15 is 0 Å². The molecule has 2 aliphatic rings. The fourth-order valence-electron chi connectivity index (χ4n) is 3.34. The maximum absolute atomic E-state index is 12.6. The number of para-hydroxylation sites is 2. The van der Waals surface area contributed by atoms with Gasteiger partial charge in [-0.1, -0.05) is 12.1 Å². The van der Waals surface area contributed by atoms with E-state index in [2.05, 4.69) is 0 Å². The first-order chi connectivity index (χ1) is 12.4. The topological polar surface area (TPSA) is 76.2 Å². The summed E-state index contributed by atoms with van der Waals surface area (Å²) in [5.74, 6) is 0.930. The van der Waals surface area contributed by atoms with E-state index in [0.29, 0.717) is 24.6 Å². The fourth-order valence-corrected chi connectivity index (χ4v) is 5.43. The highest BCUT2D eigenvalue weighted by atomic mass is 32.2. The minimum atomic E-state index is -3.24. The van der Waals surface area contributed by atoms with Crippen LogP contribution in [-0.2, 0) is 14.8 Å². The molecular weight excluding hydrogens is 356 g/mol. The first-order valence-corrected chi connectivity index (χ1v) is 10.4. The number of methoxy groups -OCH3 is 1. The Bertz CT molecular complexity index is 763. The highest BCUT2D eigenvalue weighted by Crippen LogP contribution is 2.34. The number of piperazine rings is 1. The van der Waals surface area contributed by atoms with Crippen LogP contribution in [0.3, 0.4) is 0 Å². The van der Waals surface area contributed by atoms with Crippen LogP contribution in [-0.4, -0.2) is 67.7 Å². The molecule has 2 atom stereocenters. The Morgan fingerprint density at radius 3 is 2.38 bits per heavy atom. The van der Waals surface area contributed by atoms with Gasteiger partial charge in [0.15, 0.2) is 18.1 Å². The number of benzene rings is 1. The third-order valence-electron chi connectivity index (χ3n) is 5.22. The number of carbonyl (C=O) groups excluding carboxylic acids is 1. The van der Waals surface area contributed by atoms with Gasteiger partial charge in [0.05, 0.1) is 12.4 Å². The average molecular weight is 382 g/mol. The van der Waals surface area contributed by atoms with E-state index in [1.165, 1.54) is 0 Å². The number of hydrogen-bond acceptors (Lipinski definition) is 5. The number of carbonyl (C=O) groups is 1. The van der Waals surface area contributed by atoms with Gasteiger partial charge in [-0.25, -0.2) is 8.42 Å². The van der Waals surface area contributed by atoms with E-state index in [1.54, 1.807) is 28.4 Å². The molecule has 1 aromatic carbocycles. The van der Waals surface area contributed by atoms with Crippen molar-refractivity contribution in [1.82, 2.24) is 9.21 Å². The third-order valence-corrected chi connectivity index (χ3v) is 7.70. The van der Waals surface area contributed by atoms with Crippen molar-refractivity contribution in [2.75, 3.05) is 26.8 Å². The van der Waals surface area contributed by atoms with E-state index < -0.39 is 10.0 Å². The second-order valence-electron chi connectivity index (χ2n) is 6.86. The number of amides is 1. The smallest absolute Gasteiger partial charge is 0.260 e. The lowest BCUT2D eigenvalue weighted by atomic mass is 10.1. The molecule has 8 heteroatoms. The summed E-state index contributed by atoms with van der Waals surface area (Å²) in [5, 5.41) is -0.228. The van der Waals surface area contributed by atoms with Gasteiger partial charge in [-0.3, -0.25) is 4.79 Å². The van der Waals surface area contributed by atoms with Crippen LogP contribution in [0.25, 0.3) is 0 Å². The Hall–Kier alpha value is -1.80. The van der Waals surface area contributed by atoms with Gasteiger partial charge in [-0.2, -0.15) is 4.31 Å². The molecule has 1 amide bonds. The van der Waals surface area contributed by atoms with Crippen LogP contribution in [0.1, 0.15) is 26.7 Å². The van der Waals surface area contributed by atoms with Gasteiger partial charge in [0.1, 0.15) is 0 Å². The van der Waals surface area contributed by atoms with Gasteiger partial charge >= 0.3 is 0 Å². The Labute approximate surface area is 154 Å². The number of ether oxygens (including phenoxy) is 2. The normalized spacial score (nSPS) is 24.3. The number of rotatable bonds is 6. The molecule has 0 radical (unpaired) electrons. The Morgan fingerprint density at radius 2 is 1.77 bits per heavy atom. The van der Waals surface area contributed by atoms with E-state index in [-0.39, 0.29) is 29.8 Å². The van der Waals surface area contributed by atoms with Crippen molar-refractivity contribution in [1.29, 1.82) is 0 Å². The van der Waals surface area contributed by atoms with Crippen LogP contribution in [0.5, 0.6) is 11.5 Å². The summed E-state index contributed by atoms with van der Waals surface area (Å²) in [5.41, 5.74) is 0. The van der Waals surface area contributed by atoms with Crippen molar-refractivity contribution in [3.8, 4) is 11.5 Å². The number of sulfonamides is 1. The Balaban J connectivity index is 1.62. The zero-order valence-electron chi connectivity index (χ0n) is 15.4. The van der Waals surface area contributed by atoms with Crippen molar-refractivity contribution < 1.29 is 22.7 Å². The van der Waals surface area contributed by atoms with Gasteiger partial charge in [-0.15, -0.1) is 0 Å². The van der Waals surface area contributed by atoms with Crippen LogP contribution in [0.2, 0.25) is 0 Å². The summed E-state index contributed by atoms with van der Waals surface area (Å²) in [6.07, 6.45) is 1.49. The summed E-state index contributed by atoms with van der Waals surface area (Å²) in [6.45, 7) is 4.37.